The molecule has 0 aromatic carbocycles. The van der Waals surface area contributed by atoms with Crippen molar-refractivity contribution in [1.29, 1.82) is 0 Å². The van der Waals surface area contributed by atoms with Crippen molar-refractivity contribution in [2.45, 2.75) is 24.9 Å². The molecule has 1 saturated heterocycles. The molecule has 1 aromatic rings. The standard InChI is InChI=1S/C12H17N3O4/c1-3-12(6-16)9(17)7(2)10(19-12)15-5-4-8(13)14-11(15)18/h3-5,7,9-10,16-17H,1,6H2,2H3,(H2,13,14,18)/t7-,9+,10-,12?/m1/s1. The van der Waals surface area contributed by atoms with Crippen LogP contribution in [-0.4, -0.2) is 38.1 Å². The van der Waals surface area contributed by atoms with Crippen LogP contribution in [0, 0.1) is 5.92 Å². The molecule has 1 aliphatic rings. The van der Waals surface area contributed by atoms with Crippen molar-refractivity contribution in [2.24, 2.45) is 5.92 Å². The highest BCUT2D eigenvalue weighted by Gasteiger charge is 2.51. The maximum Gasteiger partial charge on any atom is 0.351 e. The Bertz CT molecular complexity index is 544. The number of hydrogen-bond acceptors (Lipinski definition) is 6. The lowest BCUT2D eigenvalue weighted by atomic mass is 9.91. The molecular weight excluding hydrogens is 250 g/mol. The SMILES string of the molecule is C=CC1(CO)O[C@@H](n2ccc(N)nc2=O)[C@H](C)[C@@H]1O. The fourth-order valence-corrected chi connectivity index (χ4v) is 2.30. The van der Waals surface area contributed by atoms with E-state index in [2.05, 4.69) is 11.6 Å². The molecule has 0 aliphatic carbocycles. The van der Waals surface area contributed by atoms with Crippen LogP contribution in [0.3, 0.4) is 0 Å². The quantitative estimate of drug-likeness (QED) is 0.623. The van der Waals surface area contributed by atoms with E-state index in [0.717, 1.165) is 0 Å². The normalized spacial score (nSPS) is 34.4. The maximum atomic E-state index is 11.8. The summed E-state index contributed by atoms with van der Waals surface area (Å²) < 4.78 is 6.88. The summed E-state index contributed by atoms with van der Waals surface area (Å²) in [6, 6.07) is 1.47. The monoisotopic (exact) mass is 267 g/mol. The predicted molar refractivity (Wildman–Crippen MR) is 68.2 cm³/mol. The van der Waals surface area contributed by atoms with Crippen LogP contribution in [0.15, 0.2) is 29.7 Å². The highest BCUT2D eigenvalue weighted by Crippen LogP contribution is 2.41. The second kappa shape index (κ2) is 4.76. The minimum absolute atomic E-state index is 0.115. The summed E-state index contributed by atoms with van der Waals surface area (Å²) in [4.78, 5) is 15.4. The minimum atomic E-state index is -1.27. The van der Waals surface area contributed by atoms with E-state index in [4.69, 9.17) is 10.5 Å². The predicted octanol–water partition coefficient (Wildman–Crippen LogP) is -0.732. The van der Waals surface area contributed by atoms with E-state index in [1.165, 1.54) is 22.9 Å². The summed E-state index contributed by atoms with van der Waals surface area (Å²) in [5.41, 5.74) is 3.58. The number of ether oxygens (including phenoxy) is 1. The molecule has 7 nitrogen and oxygen atoms in total. The molecule has 1 unspecified atom stereocenters. The Labute approximate surface area is 110 Å². The highest BCUT2D eigenvalue weighted by atomic mass is 16.6. The van der Waals surface area contributed by atoms with E-state index >= 15 is 0 Å². The van der Waals surface area contributed by atoms with Crippen LogP contribution in [-0.2, 0) is 4.74 Å². The number of rotatable bonds is 3. The number of nitrogens with two attached hydrogens (primary N) is 1. The van der Waals surface area contributed by atoms with E-state index in [-0.39, 0.29) is 5.82 Å². The topological polar surface area (TPSA) is 111 Å². The van der Waals surface area contributed by atoms with Crippen LogP contribution < -0.4 is 11.4 Å². The second-order valence-corrected chi connectivity index (χ2v) is 4.67. The van der Waals surface area contributed by atoms with Gasteiger partial charge in [0, 0.05) is 12.1 Å². The molecule has 1 aromatic heterocycles. The van der Waals surface area contributed by atoms with Gasteiger partial charge in [-0.15, -0.1) is 6.58 Å². The third kappa shape index (κ3) is 2.05. The van der Waals surface area contributed by atoms with Gasteiger partial charge >= 0.3 is 5.69 Å². The van der Waals surface area contributed by atoms with Crippen LogP contribution in [0.25, 0.3) is 0 Å². The van der Waals surface area contributed by atoms with E-state index in [9.17, 15) is 15.0 Å². The molecule has 19 heavy (non-hydrogen) atoms. The first-order valence-electron chi connectivity index (χ1n) is 5.90. The number of aliphatic hydroxyl groups excluding tert-OH is 2. The van der Waals surface area contributed by atoms with E-state index < -0.39 is 36.1 Å². The second-order valence-electron chi connectivity index (χ2n) is 4.67. The zero-order valence-electron chi connectivity index (χ0n) is 10.6. The molecule has 0 saturated carbocycles. The van der Waals surface area contributed by atoms with Gasteiger partial charge in [-0.2, -0.15) is 4.98 Å². The Balaban J connectivity index is 2.42. The first kappa shape index (κ1) is 13.7. The average molecular weight is 267 g/mol. The molecule has 0 radical (unpaired) electrons. The van der Waals surface area contributed by atoms with Gasteiger partial charge in [-0.25, -0.2) is 4.79 Å². The van der Waals surface area contributed by atoms with Crippen LogP contribution in [0.4, 0.5) is 5.82 Å². The Morgan fingerprint density at radius 1 is 1.74 bits per heavy atom. The van der Waals surface area contributed by atoms with E-state index in [1.54, 1.807) is 6.92 Å². The highest BCUT2D eigenvalue weighted by molar-refractivity contribution is 5.23. The number of nitrogens with zero attached hydrogens (tertiary/aromatic N) is 2. The zero-order valence-corrected chi connectivity index (χ0v) is 10.6. The summed E-state index contributed by atoms with van der Waals surface area (Å²) in [5, 5.41) is 19.6. The van der Waals surface area contributed by atoms with Crippen molar-refractivity contribution in [3.05, 3.63) is 35.4 Å². The van der Waals surface area contributed by atoms with Crippen LogP contribution >= 0.6 is 0 Å². The Hall–Kier alpha value is -1.70. The summed E-state index contributed by atoms with van der Waals surface area (Å²) in [7, 11) is 0. The molecule has 0 spiro atoms. The van der Waals surface area contributed by atoms with Crippen molar-refractivity contribution >= 4 is 5.82 Å². The summed E-state index contributed by atoms with van der Waals surface area (Å²) in [6.45, 7) is 4.87. The van der Waals surface area contributed by atoms with Gasteiger partial charge in [0.2, 0.25) is 0 Å². The molecule has 1 aliphatic heterocycles. The van der Waals surface area contributed by atoms with Crippen molar-refractivity contribution in [1.82, 2.24) is 9.55 Å². The molecule has 7 heteroatoms. The lowest BCUT2D eigenvalue weighted by Gasteiger charge is -2.26. The van der Waals surface area contributed by atoms with Gasteiger partial charge in [-0.3, -0.25) is 4.57 Å². The number of anilines is 1. The summed E-state index contributed by atoms with van der Waals surface area (Å²) >= 11 is 0. The van der Waals surface area contributed by atoms with Gasteiger partial charge in [0.1, 0.15) is 17.6 Å². The molecule has 4 atom stereocenters. The van der Waals surface area contributed by atoms with Crippen LogP contribution in [0.5, 0.6) is 0 Å². The fraction of sp³-hybridized carbons (Fsp3) is 0.500. The fourth-order valence-electron chi connectivity index (χ4n) is 2.30. The Morgan fingerprint density at radius 3 is 2.89 bits per heavy atom. The van der Waals surface area contributed by atoms with Gasteiger partial charge in [0.05, 0.1) is 12.7 Å². The summed E-state index contributed by atoms with van der Waals surface area (Å²) in [5.74, 6) is -0.294. The smallest absolute Gasteiger partial charge is 0.351 e. The molecule has 1 fully saturated rings. The molecule has 0 amide bonds. The largest absolute Gasteiger partial charge is 0.393 e. The minimum Gasteiger partial charge on any atom is -0.393 e. The third-order valence-electron chi connectivity index (χ3n) is 3.51. The van der Waals surface area contributed by atoms with E-state index in [1.807, 2.05) is 0 Å². The van der Waals surface area contributed by atoms with Gasteiger partial charge in [0.15, 0.2) is 0 Å². The number of aromatic nitrogens is 2. The van der Waals surface area contributed by atoms with Crippen LogP contribution in [0.2, 0.25) is 0 Å². The summed E-state index contributed by atoms with van der Waals surface area (Å²) in [6.07, 6.45) is 1.10. The lowest BCUT2D eigenvalue weighted by Crippen LogP contribution is -2.42. The number of nitrogen functional groups attached to an aromatic ring is 1. The molecule has 104 valence electrons. The number of aliphatic hydroxyl groups is 2. The van der Waals surface area contributed by atoms with Gasteiger partial charge in [0.25, 0.3) is 0 Å². The van der Waals surface area contributed by atoms with Gasteiger partial charge in [-0.1, -0.05) is 13.0 Å². The first-order chi connectivity index (χ1) is 8.95. The lowest BCUT2D eigenvalue weighted by molar-refractivity contribution is -0.0978. The Kier molecular flexibility index (Phi) is 3.44. The Morgan fingerprint density at radius 2 is 2.42 bits per heavy atom. The van der Waals surface area contributed by atoms with Gasteiger partial charge < -0.3 is 20.7 Å². The maximum absolute atomic E-state index is 11.8. The first-order valence-corrected chi connectivity index (χ1v) is 5.90. The van der Waals surface area contributed by atoms with Crippen molar-refractivity contribution in [2.75, 3.05) is 12.3 Å². The average Bonchev–Trinajstić information content (AvgIpc) is 2.64. The third-order valence-corrected chi connectivity index (χ3v) is 3.51. The molecule has 0 bridgehead atoms. The zero-order chi connectivity index (χ0) is 14.2. The van der Waals surface area contributed by atoms with E-state index in [0.29, 0.717) is 0 Å². The van der Waals surface area contributed by atoms with Crippen molar-refractivity contribution < 1.29 is 14.9 Å². The van der Waals surface area contributed by atoms with Gasteiger partial charge in [-0.05, 0) is 6.07 Å². The molecule has 2 rings (SSSR count). The molecule has 4 N–H and O–H groups in total. The van der Waals surface area contributed by atoms with Crippen molar-refractivity contribution in [3.8, 4) is 0 Å². The molecule has 2 heterocycles. The van der Waals surface area contributed by atoms with Crippen LogP contribution in [0.1, 0.15) is 13.2 Å². The number of hydrogen-bond donors (Lipinski definition) is 3. The molecular formula is C12H17N3O4. The van der Waals surface area contributed by atoms with Crippen molar-refractivity contribution in [3.63, 3.8) is 0 Å².